The molecule has 0 radical (unpaired) electrons. The number of nitrogens with zero attached hydrogens (tertiary/aromatic N) is 5. The number of aromatic nitrogens is 2. The van der Waals surface area contributed by atoms with E-state index in [1.54, 1.807) is 11.7 Å². The zero-order valence-electron chi connectivity index (χ0n) is 18.8. The number of carbonyl (C=O) groups excluding carboxylic acids is 2. The average molecular weight is 493 g/mol. The number of alkyl halides is 2. The van der Waals surface area contributed by atoms with Crippen molar-refractivity contribution in [3.05, 3.63) is 52.1 Å². The van der Waals surface area contributed by atoms with E-state index in [-0.39, 0.29) is 37.1 Å². The first-order chi connectivity index (χ1) is 16.7. The second kappa shape index (κ2) is 9.91. The van der Waals surface area contributed by atoms with Gasteiger partial charge in [-0.1, -0.05) is 0 Å². The van der Waals surface area contributed by atoms with Crippen LogP contribution in [0.1, 0.15) is 21.7 Å². The minimum absolute atomic E-state index is 0.0445. The monoisotopic (exact) mass is 493 g/mol. The predicted octanol–water partition coefficient (Wildman–Crippen LogP) is 2.86. The molecule has 9 nitrogen and oxygen atoms in total. The molecule has 0 spiro atoms. The highest BCUT2D eigenvalue weighted by molar-refractivity contribution is 5.95. The molecule has 0 saturated carbocycles. The number of carbonyl (C=O) groups is 2. The molecular weight excluding hydrogens is 470 g/mol. The fourth-order valence-electron chi connectivity index (χ4n) is 4.38. The van der Waals surface area contributed by atoms with Crippen LogP contribution in [-0.4, -0.2) is 71.2 Å². The Labute approximate surface area is 198 Å². The number of benzene rings is 1. The van der Waals surface area contributed by atoms with Crippen molar-refractivity contribution in [1.29, 1.82) is 0 Å². The zero-order chi connectivity index (χ0) is 25.3. The largest absolute Gasteiger partial charge is 0.340 e. The third kappa shape index (κ3) is 4.93. The summed E-state index contributed by atoms with van der Waals surface area (Å²) in [4.78, 5) is 31.6. The van der Waals surface area contributed by atoms with Crippen LogP contribution in [0.3, 0.4) is 0 Å². The maximum Gasteiger partial charge on any atom is 0.322 e. The molecule has 2 aromatic rings. The molecule has 1 aromatic heterocycles. The van der Waals surface area contributed by atoms with E-state index in [4.69, 9.17) is 6.57 Å². The molecule has 2 N–H and O–H groups in total. The lowest BCUT2D eigenvalue weighted by Crippen LogP contribution is -2.40. The SMILES string of the molecule is [C-]#[N+]c1c(F)ccc(NC(=O)N2CCc3nn4c(c3C2)C(=O)N(C)C[C@@H](CNCC(F)F)C4)c1F. The Morgan fingerprint density at radius 1 is 1.31 bits per heavy atom. The van der Waals surface area contributed by atoms with Crippen molar-refractivity contribution in [1.82, 2.24) is 24.9 Å². The lowest BCUT2D eigenvalue weighted by atomic mass is 10.0. The van der Waals surface area contributed by atoms with Gasteiger partial charge in [0, 0.05) is 51.1 Å². The van der Waals surface area contributed by atoms with E-state index in [0.717, 1.165) is 12.1 Å². The van der Waals surface area contributed by atoms with Crippen LogP contribution in [0.4, 0.5) is 33.7 Å². The standard InChI is InChI=1S/C22H23F4N7O2/c1-27-19-14(23)3-4-16(18(19)26)29-22(35)32-6-5-15-13(11-32)20-21(34)31(2)9-12(10-33(20)30-15)7-28-8-17(24)25/h3-4,12,17,28H,5-11H2,2H3,(H,29,35)/t12-/m1/s1. The molecule has 4 rings (SSSR count). The van der Waals surface area contributed by atoms with Crippen LogP contribution in [-0.2, 0) is 19.5 Å². The van der Waals surface area contributed by atoms with Gasteiger partial charge in [-0.05, 0) is 12.1 Å². The summed E-state index contributed by atoms with van der Waals surface area (Å²) in [5.74, 6) is -2.61. The summed E-state index contributed by atoms with van der Waals surface area (Å²) < 4.78 is 54.5. The highest BCUT2D eigenvalue weighted by Gasteiger charge is 2.35. The highest BCUT2D eigenvalue weighted by Crippen LogP contribution is 2.30. The number of nitrogens with one attached hydrogen (secondary N) is 2. The molecule has 0 saturated heterocycles. The summed E-state index contributed by atoms with van der Waals surface area (Å²) in [6.07, 6.45) is -2.12. The maximum absolute atomic E-state index is 14.4. The number of hydrogen-bond acceptors (Lipinski definition) is 4. The Morgan fingerprint density at radius 2 is 2.09 bits per heavy atom. The predicted molar refractivity (Wildman–Crippen MR) is 117 cm³/mol. The van der Waals surface area contributed by atoms with E-state index >= 15 is 0 Å². The molecular formula is C22H23F4N7O2. The van der Waals surface area contributed by atoms with E-state index in [2.05, 4.69) is 20.6 Å². The summed E-state index contributed by atoms with van der Waals surface area (Å²) in [5.41, 5.74) is 0.439. The van der Waals surface area contributed by atoms with Crippen LogP contribution in [0.25, 0.3) is 4.85 Å². The van der Waals surface area contributed by atoms with Crippen LogP contribution >= 0.6 is 0 Å². The molecule has 1 aromatic carbocycles. The summed E-state index contributed by atoms with van der Waals surface area (Å²) in [6.45, 7) is 7.76. The molecule has 0 unspecified atom stereocenters. The Hall–Kier alpha value is -3.66. The van der Waals surface area contributed by atoms with Crippen molar-refractivity contribution < 1.29 is 27.2 Å². The van der Waals surface area contributed by atoms with Crippen molar-refractivity contribution in [3.8, 4) is 0 Å². The van der Waals surface area contributed by atoms with Gasteiger partial charge in [0.2, 0.25) is 0 Å². The third-order valence-electron chi connectivity index (χ3n) is 6.05. The van der Waals surface area contributed by atoms with E-state index in [1.807, 2.05) is 0 Å². The number of amides is 3. The highest BCUT2D eigenvalue weighted by atomic mass is 19.3. The normalized spacial score (nSPS) is 17.6. The van der Waals surface area contributed by atoms with Crippen molar-refractivity contribution in [2.75, 3.05) is 38.5 Å². The summed E-state index contributed by atoms with van der Waals surface area (Å²) in [6, 6.07) is 1.28. The van der Waals surface area contributed by atoms with Crippen LogP contribution in [0.15, 0.2) is 12.1 Å². The van der Waals surface area contributed by atoms with Crippen LogP contribution < -0.4 is 10.6 Å². The van der Waals surface area contributed by atoms with E-state index in [1.165, 1.54) is 9.80 Å². The van der Waals surface area contributed by atoms with E-state index in [0.29, 0.717) is 36.5 Å². The molecule has 0 bridgehead atoms. The lowest BCUT2D eigenvalue weighted by Gasteiger charge is -2.27. The van der Waals surface area contributed by atoms with Gasteiger partial charge < -0.3 is 20.4 Å². The van der Waals surface area contributed by atoms with E-state index in [9.17, 15) is 27.2 Å². The summed E-state index contributed by atoms with van der Waals surface area (Å²) in [5, 5.41) is 9.63. The molecule has 0 fully saturated rings. The van der Waals surface area contributed by atoms with Crippen LogP contribution in [0.5, 0.6) is 0 Å². The van der Waals surface area contributed by atoms with Gasteiger partial charge in [-0.15, -0.1) is 0 Å². The number of fused-ring (bicyclic) bond motifs is 3. The van der Waals surface area contributed by atoms with Crippen molar-refractivity contribution in [3.63, 3.8) is 0 Å². The van der Waals surface area contributed by atoms with Gasteiger partial charge >= 0.3 is 6.03 Å². The molecule has 186 valence electrons. The van der Waals surface area contributed by atoms with Gasteiger partial charge in [-0.2, -0.15) is 5.10 Å². The van der Waals surface area contributed by atoms with Crippen molar-refractivity contribution in [2.45, 2.75) is 25.9 Å². The number of urea groups is 1. The quantitative estimate of drug-likeness (QED) is 0.496. The maximum atomic E-state index is 14.4. The minimum Gasteiger partial charge on any atom is -0.340 e. The zero-order valence-corrected chi connectivity index (χ0v) is 18.8. The fourth-order valence-corrected chi connectivity index (χ4v) is 4.38. The first-order valence-corrected chi connectivity index (χ1v) is 10.9. The Kier molecular flexibility index (Phi) is 6.93. The number of hydrogen-bond donors (Lipinski definition) is 2. The molecule has 0 aliphatic carbocycles. The average Bonchev–Trinajstić information content (AvgIpc) is 3.11. The molecule has 35 heavy (non-hydrogen) atoms. The van der Waals surface area contributed by atoms with Gasteiger partial charge in [0.1, 0.15) is 11.5 Å². The molecule has 3 amide bonds. The van der Waals surface area contributed by atoms with E-state index < -0.39 is 36.3 Å². The van der Waals surface area contributed by atoms with Gasteiger partial charge in [0.25, 0.3) is 18.0 Å². The number of halogens is 4. The van der Waals surface area contributed by atoms with Gasteiger partial charge in [0.15, 0.2) is 5.82 Å². The second-order valence-electron chi connectivity index (χ2n) is 8.53. The van der Waals surface area contributed by atoms with Gasteiger partial charge in [-0.3, -0.25) is 9.48 Å². The van der Waals surface area contributed by atoms with Crippen molar-refractivity contribution in [2.24, 2.45) is 5.92 Å². The third-order valence-corrected chi connectivity index (χ3v) is 6.05. The smallest absolute Gasteiger partial charge is 0.322 e. The first kappa shape index (κ1) is 24.5. The molecule has 13 heteroatoms. The first-order valence-electron chi connectivity index (χ1n) is 10.9. The lowest BCUT2D eigenvalue weighted by molar-refractivity contribution is 0.0776. The van der Waals surface area contributed by atoms with Crippen LogP contribution in [0, 0.1) is 24.1 Å². The van der Waals surface area contributed by atoms with Crippen molar-refractivity contribution >= 4 is 23.3 Å². The van der Waals surface area contributed by atoms with Gasteiger partial charge in [0.05, 0.1) is 31.0 Å². The molecule has 2 aliphatic rings. The fraction of sp³-hybridized carbons (Fsp3) is 0.455. The Morgan fingerprint density at radius 3 is 2.80 bits per heavy atom. The molecule has 3 heterocycles. The topological polar surface area (TPSA) is 86.9 Å². The molecule has 1 atom stereocenters. The molecule has 2 aliphatic heterocycles. The minimum atomic E-state index is -2.47. The number of anilines is 1. The Balaban J connectivity index is 1.52. The summed E-state index contributed by atoms with van der Waals surface area (Å²) >= 11 is 0. The number of rotatable bonds is 5. The van der Waals surface area contributed by atoms with Gasteiger partial charge in [-0.25, -0.2) is 27.2 Å². The van der Waals surface area contributed by atoms with Crippen LogP contribution in [0.2, 0.25) is 0 Å². The Bertz CT molecular complexity index is 1190. The summed E-state index contributed by atoms with van der Waals surface area (Å²) in [7, 11) is 1.62. The second-order valence-corrected chi connectivity index (χ2v) is 8.53.